The molecule has 35 heavy (non-hydrogen) atoms. The lowest BCUT2D eigenvalue weighted by atomic mass is 9.92. The lowest BCUT2D eigenvalue weighted by Crippen LogP contribution is -2.44. The Morgan fingerprint density at radius 1 is 1.17 bits per heavy atom. The molecule has 2 amide bonds. The number of amides is 2. The summed E-state index contributed by atoms with van der Waals surface area (Å²) in [6.07, 6.45) is 2.45. The monoisotopic (exact) mass is 496 g/mol. The third-order valence-corrected chi connectivity index (χ3v) is 7.43. The van der Waals surface area contributed by atoms with Crippen LogP contribution in [0.15, 0.2) is 35.4 Å². The number of aromatic nitrogens is 2. The first kappa shape index (κ1) is 24.6. The second-order valence-electron chi connectivity index (χ2n) is 9.15. The molecule has 3 aromatic rings. The minimum Gasteiger partial charge on any atom is -0.465 e. The molecule has 1 fully saturated rings. The first-order valence-corrected chi connectivity index (χ1v) is 12.3. The zero-order chi connectivity index (χ0) is 25.3. The Morgan fingerprint density at radius 3 is 2.54 bits per heavy atom. The number of likely N-dealkylation sites (tertiary alicyclic amines) is 1. The van der Waals surface area contributed by atoms with Crippen LogP contribution in [-0.4, -0.2) is 52.4 Å². The van der Waals surface area contributed by atoms with Crippen molar-refractivity contribution in [3.05, 3.63) is 57.0 Å². The van der Waals surface area contributed by atoms with Gasteiger partial charge in [0.05, 0.1) is 35.0 Å². The number of fused-ring (bicyclic) bond motifs is 1. The number of piperidine rings is 1. The van der Waals surface area contributed by atoms with Crippen molar-refractivity contribution in [3.63, 3.8) is 0 Å². The number of hydrogen-bond donors (Lipinski definition) is 1. The van der Waals surface area contributed by atoms with Crippen LogP contribution in [-0.2, 0) is 16.1 Å². The average molecular weight is 497 g/mol. The number of benzene rings is 1. The first-order valence-electron chi connectivity index (χ1n) is 11.4. The molecule has 9 nitrogen and oxygen atoms in total. The Kier molecular flexibility index (Phi) is 7.02. The molecule has 2 aromatic heterocycles. The second kappa shape index (κ2) is 9.99. The number of methoxy groups -OCH3 is 1. The van der Waals surface area contributed by atoms with Crippen molar-refractivity contribution < 1.29 is 19.1 Å². The zero-order valence-electron chi connectivity index (χ0n) is 20.2. The number of para-hydroxylation sites is 1. The highest BCUT2D eigenvalue weighted by molar-refractivity contribution is 7.20. The number of carbonyl (C=O) groups is 3. The fourth-order valence-electron chi connectivity index (χ4n) is 4.66. The normalized spacial score (nSPS) is 17.9. The van der Waals surface area contributed by atoms with E-state index in [1.54, 1.807) is 31.2 Å². The van der Waals surface area contributed by atoms with Gasteiger partial charge < -0.3 is 15.0 Å². The lowest BCUT2D eigenvalue weighted by molar-refractivity contribution is -0.134. The van der Waals surface area contributed by atoms with E-state index in [4.69, 9.17) is 4.74 Å². The van der Waals surface area contributed by atoms with Crippen LogP contribution in [0, 0.1) is 18.8 Å². The maximum Gasteiger partial charge on any atom is 0.339 e. The first-order chi connectivity index (χ1) is 16.7. The van der Waals surface area contributed by atoms with Crippen LogP contribution in [0.3, 0.4) is 0 Å². The van der Waals surface area contributed by atoms with Crippen LogP contribution in [0.4, 0.5) is 5.69 Å². The highest BCUT2D eigenvalue weighted by Gasteiger charge is 2.26. The summed E-state index contributed by atoms with van der Waals surface area (Å²) in [6.45, 7) is 7.21. The summed E-state index contributed by atoms with van der Waals surface area (Å²) in [5.41, 5.74) is 0.659. The summed E-state index contributed by atoms with van der Waals surface area (Å²) in [5.74, 6) is -0.299. The minimum atomic E-state index is -0.569. The van der Waals surface area contributed by atoms with Gasteiger partial charge in [-0.15, -0.1) is 11.3 Å². The van der Waals surface area contributed by atoms with Gasteiger partial charge in [0.15, 0.2) is 0 Å². The molecule has 0 aliphatic carbocycles. The molecule has 0 saturated carbocycles. The van der Waals surface area contributed by atoms with Gasteiger partial charge in [0.1, 0.15) is 11.4 Å². The summed E-state index contributed by atoms with van der Waals surface area (Å²) in [6, 6.07) is 6.53. The molecule has 2 atom stereocenters. The molecule has 1 N–H and O–H groups in total. The van der Waals surface area contributed by atoms with Crippen molar-refractivity contribution in [2.45, 2.75) is 33.7 Å². The number of nitrogens with one attached hydrogen (secondary N) is 1. The maximum atomic E-state index is 13.2. The molecule has 0 radical (unpaired) electrons. The van der Waals surface area contributed by atoms with Gasteiger partial charge in [0, 0.05) is 13.1 Å². The average Bonchev–Trinajstić information content (AvgIpc) is 3.17. The summed E-state index contributed by atoms with van der Waals surface area (Å²) in [5, 5.41) is 3.05. The van der Waals surface area contributed by atoms with Crippen LogP contribution in [0.5, 0.6) is 0 Å². The Bertz CT molecular complexity index is 1350. The number of carbonyl (C=O) groups excluding carboxylic acids is 3. The molecule has 10 heteroatoms. The van der Waals surface area contributed by atoms with E-state index in [0.29, 0.717) is 51.3 Å². The van der Waals surface area contributed by atoms with E-state index >= 15 is 0 Å². The standard InChI is InChI=1S/C25H28N4O5S/c1-14-9-15(2)11-28(10-14)19(30)12-29-13-26-23-20(24(29)32)16(3)21(35-23)22(31)27-18-8-6-5-7-17(18)25(33)34-4/h5-8,13-15H,9-12H2,1-4H3,(H,27,31)/t14-,15-/m1/s1. The number of esters is 1. The van der Waals surface area contributed by atoms with Crippen molar-refractivity contribution in [2.75, 3.05) is 25.5 Å². The molecule has 1 saturated heterocycles. The number of hydrogen-bond acceptors (Lipinski definition) is 7. The number of ether oxygens (including phenoxy) is 1. The van der Waals surface area contributed by atoms with E-state index in [1.165, 1.54) is 18.0 Å². The van der Waals surface area contributed by atoms with Crippen LogP contribution in [0.1, 0.15) is 45.9 Å². The third-order valence-electron chi connectivity index (χ3n) is 6.23. The smallest absolute Gasteiger partial charge is 0.339 e. The summed E-state index contributed by atoms with van der Waals surface area (Å²) < 4.78 is 6.09. The zero-order valence-corrected chi connectivity index (χ0v) is 21.0. The van der Waals surface area contributed by atoms with Gasteiger partial charge in [-0.05, 0) is 42.9 Å². The van der Waals surface area contributed by atoms with E-state index in [9.17, 15) is 19.2 Å². The van der Waals surface area contributed by atoms with Crippen LogP contribution < -0.4 is 10.9 Å². The highest BCUT2D eigenvalue weighted by Crippen LogP contribution is 2.28. The molecule has 1 aliphatic heterocycles. The SMILES string of the molecule is COC(=O)c1ccccc1NC(=O)c1sc2ncn(CC(=O)N3C[C@H](C)C[C@@H](C)C3)c(=O)c2c1C. The van der Waals surface area contributed by atoms with E-state index in [1.807, 2.05) is 4.90 Å². The van der Waals surface area contributed by atoms with Gasteiger partial charge in [-0.3, -0.25) is 19.0 Å². The summed E-state index contributed by atoms with van der Waals surface area (Å²) in [7, 11) is 1.27. The van der Waals surface area contributed by atoms with Gasteiger partial charge in [-0.1, -0.05) is 26.0 Å². The topological polar surface area (TPSA) is 111 Å². The fourth-order valence-corrected chi connectivity index (χ4v) is 5.69. The quantitative estimate of drug-likeness (QED) is 0.543. The minimum absolute atomic E-state index is 0.0927. The Labute approximate surface area is 206 Å². The Morgan fingerprint density at radius 2 is 1.86 bits per heavy atom. The van der Waals surface area contributed by atoms with Crippen LogP contribution >= 0.6 is 11.3 Å². The predicted octanol–water partition coefficient (Wildman–Crippen LogP) is 3.31. The van der Waals surface area contributed by atoms with Crippen molar-refractivity contribution in [3.8, 4) is 0 Å². The molecular weight excluding hydrogens is 468 g/mol. The predicted molar refractivity (Wildman–Crippen MR) is 134 cm³/mol. The Balaban J connectivity index is 1.60. The molecule has 4 rings (SSSR count). The maximum absolute atomic E-state index is 13.2. The number of nitrogens with zero attached hydrogens (tertiary/aromatic N) is 3. The summed E-state index contributed by atoms with van der Waals surface area (Å²) in [4.78, 5) is 58.1. The highest BCUT2D eigenvalue weighted by atomic mass is 32.1. The number of aryl methyl sites for hydroxylation is 1. The van der Waals surface area contributed by atoms with Gasteiger partial charge in [0.25, 0.3) is 11.5 Å². The van der Waals surface area contributed by atoms with Gasteiger partial charge >= 0.3 is 5.97 Å². The van der Waals surface area contributed by atoms with Crippen molar-refractivity contribution >= 4 is 45.0 Å². The number of thiophene rings is 1. The van der Waals surface area contributed by atoms with Crippen molar-refractivity contribution in [1.82, 2.24) is 14.5 Å². The molecule has 184 valence electrons. The molecule has 1 aliphatic rings. The van der Waals surface area contributed by atoms with Crippen molar-refractivity contribution in [1.29, 1.82) is 0 Å². The molecule has 0 unspecified atom stereocenters. The second-order valence-corrected chi connectivity index (χ2v) is 10.1. The van der Waals surface area contributed by atoms with E-state index < -0.39 is 11.9 Å². The molecule has 0 bridgehead atoms. The lowest BCUT2D eigenvalue weighted by Gasteiger charge is -2.35. The third kappa shape index (κ3) is 4.97. The molecule has 3 heterocycles. The summed E-state index contributed by atoms with van der Waals surface area (Å²) >= 11 is 1.09. The van der Waals surface area contributed by atoms with E-state index in [-0.39, 0.29) is 23.6 Å². The number of anilines is 1. The van der Waals surface area contributed by atoms with Gasteiger partial charge in [-0.2, -0.15) is 0 Å². The van der Waals surface area contributed by atoms with Gasteiger partial charge in [-0.25, -0.2) is 9.78 Å². The fraction of sp³-hybridized carbons (Fsp3) is 0.400. The molecular formula is C25H28N4O5S. The number of rotatable bonds is 5. The van der Waals surface area contributed by atoms with Crippen LogP contribution in [0.25, 0.3) is 10.2 Å². The van der Waals surface area contributed by atoms with Crippen molar-refractivity contribution in [2.24, 2.45) is 11.8 Å². The Hall–Kier alpha value is -3.53. The van der Waals surface area contributed by atoms with Gasteiger partial charge in [0.2, 0.25) is 5.91 Å². The largest absolute Gasteiger partial charge is 0.465 e. The van der Waals surface area contributed by atoms with E-state index in [0.717, 1.165) is 17.8 Å². The molecule has 1 aromatic carbocycles. The molecule has 0 spiro atoms. The van der Waals surface area contributed by atoms with E-state index in [2.05, 4.69) is 24.1 Å². The van der Waals surface area contributed by atoms with Crippen LogP contribution in [0.2, 0.25) is 0 Å².